The maximum atomic E-state index is 14.0. The van der Waals surface area contributed by atoms with Crippen molar-refractivity contribution < 1.29 is 18.3 Å². The van der Waals surface area contributed by atoms with Gasteiger partial charge in [0.1, 0.15) is 18.2 Å². The van der Waals surface area contributed by atoms with Crippen molar-refractivity contribution in [1.29, 1.82) is 0 Å². The molecular formula is C22H25F2N5O2. The number of carbonyl (C=O) groups excluding carboxylic acids is 1. The van der Waals surface area contributed by atoms with Gasteiger partial charge in [-0.25, -0.2) is 13.8 Å². The summed E-state index contributed by atoms with van der Waals surface area (Å²) in [4.78, 5) is 15.2. The average molecular weight is 429 g/mol. The number of rotatable bonds is 5. The zero-order valence-corrected chi connectivity index (χ0v) is 17.8. The summed E-state index contributed by atoms with van der Waals surface area (Å²) in [7, 11) is 2.05. The van der Waals surface area contributed by atoms with Gasteiger partial charge in [0.25, 0.3) is 5.91 Å². The molecule has 3 heterocycles. The van der Waals surface area contributed by atoms with Gasteiger partial charge in [0.15, 0.2) is 0 Å². The van der Waals surface area contributed by atoms with Gasteiger partial charge >= 0.3 is 0 Å². The molecule has 164 valence electrons. The van der Waals surface area contributed by atoms with Crippen molar-refractivity contribution >= 4 is 11.4 Å². The van der Waals surface area contributed by atoms with Crippen LogP contribution < -0.4 is 10.2 Å². The van der Waals surface area contributed by atoms with Gasteiger partial charge in [0.2, 0.25) is 5.88 Å². The van der Waals surface area contributed by atoms with Crippen molar-refractivity contribution in [2.24, 2.45) is 0 Å². The lowest BCUT2D eigenvalue weighted by molar-refractivity contribution is 0.0663. The predicted octanol–water partition coefficient (Wildman–Crippen LogP) is 2.70. The fraction of sp³-hybridized carbons (Fsp3) is 0.364. The normalized spacial score (nSPS) is 15.4. The number of hydrogen-bond acceptors (Lipinski definition) is 5. The first-order chi connectivity index (χ1) is 14.8. The number of amides is 1. The van der Waals surface area contributed by atoms with Crippen molar-refractivity contribution in [2.45, 2.75) is 20.5 Å². The summed E-state index contributed by atoms with van der Waals surface area (Å²) >= 11 is 0. The standard InChI is InChI=1S/C22H25F2N5O2/c1-14-11-19-21(22(30)26-28-9-7-27(3)8-10-28)15(2)25-29(19)20(12-14)31-13-16-17(23)5-4-6-18(16)24/h4-6,11-12H,7-10,13H2,1-3H3,(H,26,30). The molecule has 0 radical (unpaired) electrons. The molecule has 1 aliphatic heterocycles. The second-order valence-corrected chi connectivity index (χ2v) is 7.85. The Kier molecular flexibility index (Phi) is 5.88. The van der Waals surface area contributed by atoms with Gasteiger partial charge in [0, 0.05) is 32.2 Å². The van der Waals surface area contributed by atoms with Crippen LogP contribution in [0.4, 0.5) is 8.78 Å². The average Bonchev–Trinajstić information content (AvgIpc) is 3.05. The lowest BCUT2D eigenvalue weighted by Gasteiger charge is -2.32. The van der Waals surface area contributed by atoms with Gasteiger partial charge in [-0.05, 0) is 44.7 Å². The van der Waals surface area contributed by atoms with Crippen LogP contribution in [0.1, 0.15) is 27.2 Å². The third kappa shape index (κ3) is 4.38. The molecule has 1 aromatic carbocycles. The number of hydrogen-bond donors (Lipinski definition) is 1. The van der Waals surface area contributed by atoms with Crippen LogP contribution >= 0.6 is 0 Å². The fourth-order valence-corrected chi connectivity index (χ4v) is 3.68. The summed E-state index contributed by atoms with van der Waals surface area (Å²) in [5.41, 5.74) is 5.21. The number of hydrazine groups is 1. The van der Waals surface area contributed by atoms with Gasteiger partial charge in [-0.1, -0.05) is 6.07 Å². The predicted molar refractivity (Wildman–Crippen MR) is 112 cm³/mol. The smallest absolute Gasteiger partial charge is 0.269 e. The van der Waals surface area contributed by atoms with E-state index in [0.29, 0.717) is 22.7 Å². The number of aryl methyl sites for hydroxylation is 2. The molecule has 1 fully saturated rings. The number of nitrogens with one attached hydrogen (secondary N) is 1. The SMILES string of the molecule is Cc1cc(OCc2c(F)cccc2F)n2nc(C)c(C(=O)NN3CCN(C)CC3)c2c1. The van der Waals surface area contributed by atoms with Crippen molar-refractivity contribution in [2.75, 3.05) is 33.2 Å². The van der Waals surface area contributed by atoms with E-state index in [9.17, 15) is 13.6 Å². The molecule has 0 bridgehead atoms. The largest absolute Gasteiger partial charge is 0.473 e. The van der Waals surface area contributed by atoms with E-state index in [2.05, 4.69) is 15.4 Å². The molecule has 1 saturated heterocycles. The first-order valence-corrected chi connectivity index (χ1v) is 10.1. The molecule has 1 amide bonds. The molecule has 2 aromatic heterocycles. The Morgan fingerprint density at radius 2 is 1.81 bits per heavy atom. The van der Waals surface area contributed by atoms with Gasteiger partial charge in [-0.15, -0.1) is 0 Å². The highest BCUT2D eigenvalue weighted by Crippen LogP contribution is 2.25. The molecule has 9 heteroatoms. The van der Waals surface area contributed by atoms with Gasteiger partial charge < -0.3 is 9.64 Å². The summed E-state index contributed by atoms with van der Waals surface area (Å²) in [6.45, 7) is 6.54. The lowest BCUT2D eigenvalue weighted by Crippen LogP contribution is -2.52. The number of fused-ring (bicyclic) bond motifs is 1. The van der Waals surface area contributed by atoms with Crippen LogP contribution in [-0.2, 0) is 6.61 Å². The van der Waals surface area contributed by atoms with E-state index < -0.39 is 11.6 Å². The minimum Gasteiger partial charge on any atom is -0.473 e. The highest BCUT2D eigenvalue weighted by Gasteiger charge is 2.23. The Morgan fingerprint density at radius 1 is 1.13 bits per heavy atom. The van der Waals surface area contributed by atoms with Crippen LogP contribution in [0.2, 0.25) is 0 Å². The number of nitrogens with zero attached hydrogens (tertiary/aromatic N) is 4. The Balaban J connectivity index is 1.61. The number of piperazine rings is 1. The second kappa shape index (κ2) is 8.60. The number of carbonyl (C=O) groups is 1. The van der Waals surface area contributed by atoms with Crippen LogP contribution in [0, 0.1) is 25.5 Å². The molecule has 0 unspecified atom stereocenters. The summed E-state index contributed by atoms with van der Waals surface area (Å²) in [6, 6.07) is 7.25. The van der Waals surface area contributed by atoms with Crippen LogP contribution in [-0.4, -0.2) is 58.7 Å². The summed E-state index contributed by atoms with van der Waals surface area (Å²) < 4.78 is 35.2. The Hall–Kier alpha value is -3.04. The molecule has 1 N–H and O–H groups in total. The Labute approximate surface area is 179 Å². The number of benzene rings is 1. The first kappa shape index (κ1) is 21.2. The third-order valence-electron chi connectivity index (χ3n) is 5.44. The van der Waals surface area contributed by atoms with E-state index in [1.165, 1.54) is 22.7 Å². The van der Waals surface area contributed by atoms with Crippen LogP contribution in [0.3, 0.4) is 0 Å². The molecule has 4 rings (SSSR count). The van der Waals surface area contributed by atoms with Gasteiger partial charge in [0.05, 0.1) is 22.3 Å². The number of likely N-dealkylation sites (N-methyl/N-ethyl adjacent to an activating group) is 1. The van der Waals surface area contributed by atoms with E-state index in [0.717, 1.165) is 31.7 Å². The van der Waals surface area contributed by atoms with Crippen molar-refractivity contribution in [1.82, 2.24) is 24.9 Å². The number of ether oxygens (including phenoxy) is 1. The molecule has 0 atom stereocenters. The quantitative estimate of drug-likeness (QED) is 0.676. The highest BCUT2D eigenvalue weighted by molar-refractivity contribution is 6.01. The summed E-state index contributed by atoms with van der Waals surface area (Å²) in [5, 5.41) is 6.36. The van der Waals surface area contributed by atoms with E-state index >= 15 is 0 Å². The van der Waals surface area contributed by atoms with Crippen molar-refractivity contribution in [3.63, 3.8) is 0 Å². The van der Waals surface area contributed by atoms with Crippen molar-refractivity contribution in [3.05, 3.63) is 64.4 Å². The van der Waals surface area contributed by atoms with E-state index in [1.807, 2.05) is 25.0 Å². The molecule has 0 spiro atoms. The minimum atomic E-state index is -0.673. The second-order valence-electron chi connectivity index (χ2n) is 7.85. The maximum Gasteiger partial charge on any atom is 0.269 e. The first-order valence-electron chi connectivity index (χ1n) is 10.1. The maximum absolute atomic E-state index is 14.0. The molecule has 7 nitrogen and oxygen atoms in total. The lowest BCUT2D eigenvalue weighted by atomic mass is 10.1. The zero-order valence-electron chi connectivity index (χ0n) is 17.8. The van der Waals surface area contributed by atoms with E-state index in [-0.39, 0.29) is 18.1 Å². The fourth-order valence-electron chi connectivity index (χ4n) is 3.68. The molecule has 1 aliphatic rings. The number of pyridine rings is 1. The van der Waals surface area contributed by atoms with Crippen LogP contribution in [0.5, 0.6) is 5.88 Å². The van der Waals surface area contributed by atoms with Gasteiger partial charge in [-0.2, -0.15) is 9.61 Å². The van der Waals surface area contributed by atoms with E-state index in [1.54, 1.807) is 13.0 Å². The Bertz CT molecular complexity index is 1100. The topological polar surface area (TPSA) is 62.1 Å². The monoisotopic (exact) mass is 429 g/mol. The molecule has 3 aromatic rings. The summed E-state index contributed by atoms with van der Waals surface area (Å²) in [5.74, 6) is -1.28. The zero-order chi connectivity index (χ0) is 22.1. The highest BCUT2D eigenvalue weighted by atomic mass is 19.1. The van der Waals surface area contributed by atoms with Crippen LogP contribution in [0.25, 0.3) is 5.52 Å². The van der Waals surface area contributed by atoms with E-state index in [4.69, 9.17) is 4.74 Å². The molecule has 0 aliphatic carbocycles. The number of aromatic nitrogens is 2. The van der Waals surface area contributed by atoms with Crippen molar-refractivity contribution in [3.8, 4) is 5.88 Å². The summed E-state index contributed by atoms with van der Waals surface area (Å²) in [6.07, 6.45) is 0. The molecule has 31 heavy (non-hydrogen) atoms. The third-order valence-corrected chi connectivity index (χ3v) is 5.44. The molecular weight excluding hydrogens is 404 g/mol. The number of halogens is 2. The minimum absolute atomic E-state index is 0.158. The van der Waals surface area contributed by atoms with Crippen LogP contribution in [0.15, 0.2) is 30.3 Å². The Morgan fingerprint density at radius 3 is 2.48 bits per heavy atom. The van der Waals surface area contributed by atoms with Gasteiger partial charge in [-0.3, -0.25) is 10.2 Å². The molecule has 0 saturated carbocycles.